The van der Waals surface area contributed by atoms with Gasteiger partial charge in [0, 0.05) is 16.8 Å². The van der Waals surface area contributed by atoms with E-state index in [9.17, 15) is 9.18 Å². The Morgan fingerprint density at radius 1 is 1.26 bits per heavy atom. The van der Waals surface area contributed by atoms with Gasteiger partial charge in [-0.3, -0.25) is 4.79 Å². The molecule has 6 heteroatoms. The molecule has 0 fully saturated rings. The zero-order chi connectivity index (χ0) is 19.4. The van der Waals surface area contributed by atoms with E-state index in [1.165, 1.54) is 12.1 Å². The van der Waals surface area contributed by atoms with Crippen LogP contribution in [0.5, 0.6) is 5.75 Å². The number of aromatic nitrogens is 2. The summed E-state index contributed by atoms with van der Waals surface area (Å²) in [6.07, 6.45) is 1.93. The third-order valence-corrected chi connectivity index (χ3v) is 4.49. The average molecular weight is 367 g/mol. The van der Waals surface area contributed by atoms with Crippen LogP contribution in [0.1, 0.15) is 29.8 Å². The minimum Gasteiger partial charge on any atom is -0.496 e. The molecule has 1 unspecified atom stereocenters. The van der Waals surface area contributed by atoms with E-state index < -0.39 is 0 Å². The van der Waals surface area contributed by atoms with Gasteiger partial charge < -0.3 is 10.1 Å². The molecule has 5 nitrogen and oxygen atoms in total. The zero-order valence-corrected chi connectivity index (χ0v) is 15.6. The third kappa shape index (κ3) is 4.16. The number of nitrogens with one attached hydrogen (secondary N) is 1. The highest BCUT2D eigenvalue weighted by molar-refractivity contribution is 5.79. The molecule has 1 aromatic heterocycles. The van der Waals surface area contributed by atoms with Crippen LogP contribution in [-0.4, -0.2) is 22.8 Å². The maximum absolute atomic E-state index is 13.5. The molecule has 3 aromatic rings. The molecule has 2 aromatic carbocycles. The molecular weight excluding hydrogens is 345 g/mol. The molecule has 0 saturated carbocycles. The summed E-state index contributed by atoms with van der Waals surface area (Å²) in [4.78, 5) is 12.5. The van der Waals surface area contributed by atoms with Crippen molar-refractivity contribution in [2.45, 2.75) is 26.3 Å². The summed E-state index contributed by atoms with van der Waals surface area (Å²) in [6.45, 7) is 3.80. The summed E-state index contributed by atoms with van der Waals surface area (Å²) >= 11 is 0. The van der Waals surface area contributed by atoms with Crippen LogP contribution in [0.3, 0.4) is 0 Å². The van der Waals surface area contributed by atoms with Crippen molar-refractivity contribution in [1.82, 2.24) is 15.1 Å². The van der Waals surface area contributed by atoms with E-state index in [1.54, 1.807) is 30.1 Å². The number of nitrogens with zero attached hydrogens (tertiary/aromatic N) is 2. The Balaban J connectivity index is 1.73. The first-order valence-corrected chi connectivity index (χ1v) is 8.71. The first-order chi connectivity index (χ1) is 13.0. The third-order valence-electron chi connectivity index (χ3n) is 4.49. The molecule has 140 valence electrons. The highest BCUT2D eigenvalue weighted by atomic mass is 19.1. The fourth-order valence-electron chi connectivity index (χ4n) is 3.11. The Morgan fingerprint density at radius 3 is 2.78 bits per heavy atom. The number of rotatable bonds is 6. The Labute approximate surface area is 157 Å². The SMILES string of the molecule is COc1ccccc1CC(=O)NC(C)c1cnn(-c2cccc(F)c2)c1C. The molecule has 3 rings (SSSR count). The normalized spacial score (nSPS) is 11.9. The lowest BCUT2D eigenvalue weighted by Gasteiger charge is -2.15. The van der Waals surface area contributed by atoms with Gasteiger partial charge in [-0.25, -0.2) is 9.07 Å². The van der Waals surface area contributed by atoms with Gasteiger partial charge in [-0.2, -0.15) is 5.10 Å². The number of benzene rings is 2. The lowest BCUT2D eigenvalue weighted by molar-refractivity contribution is -0.121. The van der Waals surface area contributed by atoms with Crippen LogP contribution in [0.4, 0.5) is 4.39 Å². The molecule has 0 spiro atoms. The molecule has 1 amide bonds. The molecule has 1 N–H and O–H groups in total. The second-order valence-corrected chi connectivity index (χ2v) is 6.35. The summed E-state index contributed by atoms with van der Waals surface area (Å²) in [5.41, 5.74) is 3.21. The molecule has 27 heavy (non-hydrogen) atoms. The fourth-order valence-corrected chi connectivity index (χ4v) is 3.11. The quantitative estimate of drug-likeness (QED) is 0.722. The van der Waals surface area contributed by atoms with Gasteiger partial charge in [0.05, 0.1) is 31.5 Å². The van der Waals surface area contributed by atoms with Crippen LogP contribution in [0, 0.1) is 12.7 Å². The first-order valence-electron chi connectivity index (χ1n) is 8.71. The predicted octanol–water partition coefficient (Wildman–Crippen LogP) is 3.75. The minimum atomic E-state index is -0.317. The molecule has 0 radical (unpaired) electrons. The van der Waals surface area contributed by atoms with E-state index in [-0.39, 0.29) is 24.2 Å². The van der Waals surface area contributed by atoms with Gasteiger partial charge in [0.25, 0.3) is 0 Å². The zero-order valence-electron chi connectivity index (χ0n) is 15.6. The van der Waals surface area contributed by atoms with Crippen molar-refractivity contribution in [3.05, 3.63) is 77.4 Å². The molecule has 0 aliphatic heterocycles. The maximum Gasteiger partial charge on any atom is 0.225 e. The number of carbonyl (C=O) groups excluding carboxylic acids is 1. The monoisotopic (exact) mass is 367 g/mol. The van der Waals surface area contributed by atoms with Gasteiger partial charge in [-0.15, -0.1) is 0 Å². The van der Waals surface area contributed by atoms with Gasteiger partial charge in [0.15, 0.2) is 0 Å². The molecule has 0 aliphatic carbocycles. The van der Waals surface area contributed by atoms with Crippen molar-refractivity contribution in [3.8, 4) is 11.4 Å². The Morgan fingerprint density at radius 2 is 2.04 bits per heavy atom. The molecule has 0 aliphatic rings. The van der Waals surface area contributed by atoms with Crippen LogP contribution in [0.25, 0.3) is 5.69 Å². The highest BCUT2D eigenvalue weighted by Crippen LogP contribution is 2.22. The van der Waals surface area contributed by atoms with Gasteiger partial charge in [0.2, 0.25) is 5.91 Å². The molecule has 0 saturated heterocycles. The smallest absolute Gasteiger partial charge is 0.225 e. The largest absolute Gasteiger partial charge is 0.496 e. The van der Waals surface area contributed by atoms with E-state index in [2.05, 4.69) is 10.4 Å². The van der Waals surface area contributed by atoms with E-state index >= 15 is 0 Å². The average Bonchev–Trinajstić information content (AvgIpc) is 3.03. The molecule has 1 atom stereocenters. The van der Waals surface area contributed by atoms with Crippen molar-refractivity contribution in [3.63, 3.8) is 0 Å². The number of amides is 1. The summed E-state index contributed by atoms with van der Waals surface area (Å²) in [5, 5.41) is 7.34. The fraction of sp³-hybridized carbons (Fsp3) is 0.238. The van der Waals surface area contributed by atoms with E-state index in [1.807, 2.05) is 38.1 Å². The predicted molar refractivity (Wildman–Crippen MR) is 102 cm³/mol. The van der Waals surface area contributed by atoms with Crippen molar-refractivity contribution in [2.75, 3.05) is 7.11 Å². The standard InChI is InChI=1S/C21H22FN3O2/c1-14(24-21(26)11-16-7-4-5-10-20(16)27-3)19-13-23-25(15(19)2)18-9-6-8-17(22)12-18/h4-10,12-14H,11H2,1-3H3,(H,24,26). The molecule has 0 bridgehead atoms. The second-order valence-electron chi connectivity index (χ2n) is 6.35. The van der Waals surface area contributed by atoms with Gasteiger partial charge in [0.1, 0.15) is 11.6 Å². The van der Waals surface area contributed by atoms with E-state index in [4.69, 9.17) is 4.74 Å². The van der Waals surface area contributed by atoms with Gasteiger partial charge in [-0.05, 0) is 38.1 Å². The number of methoxy groups -OCH3 is 1. The number of ether oxygens (including phenoxy) is 1. The number of para-hydroxylation sites is 1. The van der Waals surface area contributed by atoms with Crippen LogP contribution >= 0.6 is 0 Å². The lowest BCUT2D eigenvalue weighted by atomic mass is 10.1. The molecular formula is C21H22FN3O2. The summed E-state index contributed by atoms with van der Waals surface area (Å²) in [5.74, 6) is 0.266. The van der Waals surface area contributed by atoms with E-state index in [0.29, 0.717) is 11.4 Å². The van der Waals surface area contributed by atoms with Crippen LogP contribution in [0.15, 0.2) is 54.7 Å². The van der Waals surface area contributed by atoms with Crippen molar-refractivity contribution >= 4 is 5.91 Å². The van der Waals surface area contributed by atoms with Gasteiger partial charge >= 0.3 is 0 Å². The minimum absolute atomic E-state index is 0.107. The Hall–Kier alpha value is -3.15. The van der Waals surface area contributed by atoms with Crippen LogP contribution in [-0.2, 0) is 11.2 Å². The number of hydrogen-bond acceptors (Lipinski definition) is 3. The molecule has 1 heterocycles. The Bertz CT molecular complexity index is 952. The van der Waals surface area contributed by atoms with Crippen molar-refractivity contribution < 1.29 is 13.9 Å². The number of halogens is 1. The van der Waals surface area contributed by atoms with Crippen LogP contribution < -0.4 is 10.1 Å². The summed E-state index contributed by atoms with van der Waals surface area (Å²) in [7, 11) is 1.59. The van der Waals surface area contributed by atoms with E-state index in [0.717, 1.165) is 16.8 Å². The lowest BCUT2D eigenvalue weighted by Crippen LogP contribution is -2.28. The maximum atomic E-state index is 13.5. The number of carbonyl (C=O) groups is 1. The van der Waals surface area contributed by atoms with Crippen LogP contribution in [0.2, 0.25) is 0 Å². The summed E-state index contributed by atoms with van der Waals surface area (Å²) in [6, 6.07) is 13.5. The summed E-state index contributed by atoms with van der Waals surface area (Å²) < 4.78 is 20.4. The second kappa shape index (κ2) is 8.03. The van der Waals surface area contributed by atoms with Crippen molar-refractivity contribution in [1.29, 1.82) is 0 Å². The van der Waals surface area contributed by atoms with Crippen molar-refractivity contribution in [2.24, 2.45) is 0 Å². The first kappa shape index (κ1) is 18.6. The number of hydrogen-bond donors (Lipinski definition) is 1. The topological polar surface area (TPSA) is 56.1 Å². The van der Waals surface area contributed by atoms with Gasteiger partial charge in [-0.1, -0.05) is 24.3 Å². The Kier molecular flexibility index (Phi) is 5.54. The highest BCUT2D eigenvalue weighted by Gasteiger charge is 2.17.